The summed E-state index contributed by atoms with van der Waals surface area (Å²) in [6.45, 7) is 6.95. The molecule has 1 aromatic heterocycles. The summed E-state index contributed by atoms with van der Waals surface area (Å²) < 4.78 is 7.00. The van der Waals surface area contributed by atoms with E-state index in [-0.39, 0.29) is 0 Å². The van der Waals surface area contributed by atoms with Gasteiger partial charge in [-0.3, -0.25) is 4.68 Å². The smallest absolute Gasteiger partial charge is 0.0753 e. The van der Waals surface area contributed by atoms with Crippen LogP contribution in [0.2, 0.25) is 0 Å². The number of anilines is 1. The van der Waals surface area contributed by atoms with Gasteiger partial charge in [-0.2, -0.15) is 5.10 Å². The van der Waals surface area contributed by atoms with E-state index in [1.165, 1.54) is 12.1 Å². The largest absolute Gasteiger partial charge is 0.383 e. The third kappa shape index (κ3) is 3.20. The first kappa shape index (κ1) is 12.4. The Morgan fingerprint density at radius 3 is 3.24 bits per heavy atom. The lowest BCUT2D eigenvalue weighted by atomic mass is 10.1. The molecule has 0 saturated carbocycles. The molecule has 2 rings (SSSR count). The standard InChI is InChI=1S/C12H22N4O/c1-3-11-9-15(5-4-13-11)12-8-14-16(10-12)6-7-17-2/h8,10-11,13H,3-7,9H2,1-2H3. The first-order valence-electron chi connectivity index (χ1n) is 6.33. The molecule has 1 aromatic rings. The van der Waals surface area contributed by atoms with Crippen LogP contribution in [0.25, 0.3) is 0 Å². The Balaban J connectivity index is 1.94. The van der Waals surface area contributed by atoms with Gasteiger partial charge < -0.3 is 15.0 Å². The van der Waals surface area contributed by atoms with E-state index >= 15 is 0 Å². The highest BCUT2D eigenvalue weighted by Crippen LogP contribution is 2.15. The van der Waals surface area contributed by atoms with Gasteiger partial charge in [0.2, 0.25) is 0 Å². The molecule has 2 heterocycles. The quantitative estimate of drug-likeness (QED) is 0.820. The number of methoxy groups -OCH3 is 1. The molecule has 1 fully saturated rings. The van der Waals surface area contributed by atoms with E-state index in [1.807, 2.05) is 10.9 Å². The molecule has 0 spiro atoms. The monoisotopic (exact) mass is 238 g/mol. The van der Waals surface area contributed by atoms with Crippen molar-refractivity contribution in [2.24, 2.45) is 0 Å². The van der Waals surface area contributed by atoms with Crippen LogP contribution in [-0.2, 0) is 11.3 Å². The van der Waals surface area contributed by atoms with Gasteiger partial charge in [-0.15, -0.1) is 0 Å². The SMILES string of the molecule is CCC1CN(c2cnn(CCOC)c2)CCN1. The highest BCUT2D eigenvalue weighted by molar-refractivity contribution is 5.43. The van der Waals surface area contributed by atoms with Crippen molar-refractivity contribution in [1.29, 1.82) is 0 Å². The zero-order valence-electron chi connectivity index (χ0n) is 10.7. The van der Waals surface area contributed by atoms with Gasteiger partial charge in [0.05, 0.1) is 25.0 Å². The summed E-state index contributed by atoms with van der Waals surface area (Å²) in [6.07, 6.45) is 5.24. The maximum atomic E-state index is 5.05. The minimum atomic E-state index is 0.603. The van der Waals surface area contributed by atoms with Crippen LogP contribution < -0.4 is 10.2 Å². The molecular weight excluding hydrogens is 216 g/mol. The third-order valence-electron chi connectivity index (χ3n) is 3.26. The fourth-order valence-corrected chi connectivity index (χ4v) is 2.16. The van der Waals surface area contributed by atoms with E-state index < -0.39 is 0 Å². The Kier molecular flexibility index (Phi) is 4.39. The van der Waals surface area contributed by atoms with Crippen LogP contribution in [0, 0.1) is 0 Å². The second-order valence-electron chi connectivity index (χ2n) is 4.46. The lowest BCUT2D eigenvalue weighted by molar-refractivity contribution is 0.183. The number of aromatic nitrogens is 2. The van der Waals surface area contributed by atoms with Gasteiger partial charge >= 0.3 is 0 Å². The number of nitrogens with one attached hydrogen (secondary N) is 1. The topological polar surface area (TPSA) is 42.3 Å². The molecule has 17 heavy (non-hydrogen) atoms. The Bertz CT molecular complexity index is 339. The molecule has 1 unspecified atom stereocenters. The van der Waals surface area contributed by atoms with E-state index in [4.69, 9.17) is 4.74 Å². The number of nitrogens with zero attached hydrogens (tertiary/aromatic N) is 3. The minimum absolute atomic E-state index is 0.603. The van der Waals surface area contributed by atoms with Gasteiger partial charge in [0.1, 0.15) is 0 Å². The fraction of sp³-hybridized carbons (Fsp3) is 0.750. The van der Waals surface area contributed by atoms with Gasteiger partial charge in [0, 0.05) is 39.0 Å². The summed E-state index contributed by atoms with van der Waals surface area (Å²) in [4.78, 5) is 2.40. The summed E-state index contributed by atoms with van der Waals surface area (Å²) in [5.74, 6) is 0. The number of piperazine rings is 1. The molecule has 5 nitrogen and oxygen atoms in total. The molecule has 1 aliphatic heterocycles. The predicted octanol–water partition coefficient (Wildman–Crippen LogP) is 0.718. The van der Waals surface area contributed by atoms with E-state index in [2.05, 4.69) is 28.4 Å². The maximum absolute atomic E-state index is 5.05. The molecule has 1 atom stereocenters. The first-order valence-corrected chi connectivity index (χ1v) is 6.33. The van der Waals surface area contributed by atoms with Gasteiger partial charge in [0.15, 0.2) is 0 Å². The van der Waals surface area contributed by atoms with Crippen molar-refractivity contribution in [1.82, 2.24) is 15.1 Å². The molecule has 0 bridgehead atoms. The van der Waals surface area contributed by atoms with Gasteiger partial charge in [-0.05, 0) is 6.42 Å². The normalized spacial score (nSPS) is 20.8. The minimum Gasteiger partial charge on any atom is -0.383 e. The predicted molar refractivity (Wildman–Crippen MR) is 68.4 cm³/mol. The summed E-state index contributed by atoms with van der Waals surface area (Å²) in [5, 5.41) is 7.88. The van der Waals surface area contributed by atoms with E-state index in [9.17, 15) is 0 Å². The molecule has 0 radical (unpaired) electrons. The molecule has 1 saturated heterocycles. The maximum Gasteiger partial charge on any atom is 0.0753 e. The van der Waals surface area contributed by atoms with E-state index in [1.54, 1.807) is 7.11 Å². The number of hydrogen-bond donors (Lipinski definition) is 1. The van der Waals surface area contributed by atoms with Crippen molar-refractivity contribution in [3.63, 3.8) is 0 Å². The Labute approximate surface area is 103 Å². The van der Waals surface area contributed by atoms with Gasteiger partial charge in [-0.1, -0.05) is 6.92 Å². The van der Waals surface area contributed by atoms with Crippen molar-refractivity contribution in [2.75, 3.05) is 38.3 Å². The van der Waals surface area contributed by atoms with Crippen LogP contribution in [0.4, 0.5) is 5.69 Å². The van der Waals surface area contributed by atoms with Crippen LogP contribution in [0.3, 0.4) is 0 Å². The van der Waals surface area contributed by atoms with Crippen molar-refractivity contribution < 1.29 is 4.74 Å². The summed E-state index contributed by atoms with van der Waals surface area (Å²) in [7, 11) is 1.71. The van der Waals surface area contributed by atoms with Crippen LogP contribution in [0.15, 0.2) is 12.4 Å². The number of rotatable bonds is 5. The Hall–Kier alpha value is -1.07. The second-order valence-corrected chi connectivity index (χ2v) is 4.46. The molecular formula is C12H22N4O. The molecule has 5 heteroatoms. The van der Waals surface area contributed by atoms with Crippen molar-refractivity contribution in [3.8, 4) is 0 Å². The third-order valence-corrected chi connectivity index (χ3v) is 3.26. The van der Waals surface area contributed by atoms with Crippen molar-refractivity contribution in [2.45, 2.75) is 25.9 Å². The molecule has 1 aliphatic rings. The van der Waals surface area contributed by atoms with Crippen LogP contribution in [0.5, 0.6) is 0 Å². The highest BCUT2D eigenvalue weighted by Gasteiger charge is 2.18. The first-order chi connectivity index (χ1) is 8.33. The van der Waals surface area contributed by atoms with Gasteiger partial charge in [0.25, 0.3) is 0 Å². The van der Waals surface area contributed by atoms with Crippen LogP contribution in [-0.4, -0.2) is 49.2 Å². The summed E-state index contributed by atoms with van der Waals surface area (Å²) in [5.41, 5.74) is 1.22. The Morgan fingerprint density at radius 1 is 1.59 bits per heavy atom. The van der Waals surface area contributed by atoms with E-state index in [0.717, 1.165) is 26.2 Å². The lowest BCUT2D eigenvalue weighted by Gasteiger charge is -2.33. The molecule has 1 N–H and O–H groups in total. The average Bonchev–Trinajstić information content (AvgIpc) is 2.85. The number of hydrogen-bond acceptors (Lipinski definition) is 4. The van der Waals surface area contributed by atoms with E-state index in [0.29, 0.717) is 12.6 Å². The molecule has 96 valence electrons. The molecule has 0 aromatic carbocycles. The fourth-order valence-electron chi connectivity index (χ4n) is 2.16. The highest BCUT2D eigenvalue weighted by atomic mass is 16.5. The Morgan fingerprint density at radius 2 is 2.47 bits per heavy atom. The average molecular weight is 238 g/mol. The second kappa shape index (κ2) is 6.02. The van der Waals surface area contributed by atoms with Crippen LogP contribution >= 0.6 is 0 Å². The zero-order chi connectivity index (χ0) is 12.1. The zero-order valence-corrected chi connectivity index (χ0v) is 10.7. The molecule has 0 amide bonds. The van der Waals surface area contributed by atoms with Crippen molar-refractivity contribution >= 4 is 5.69 Å². The molecule has 0 aliphatic carbocycles. The number of ether oxygens (including phenoxy) is 1. The summed E-state index contributed by atoms with van der Waals surface area (Å²) in [6, 6.07) is 0.603. The lowest BCUT2D eigenvalue weighted by Crippen LogP contribution is -2.50. The van der Waals surface area contributed by atoms with Gasteiger partial charge in [-0.25, -0.2) is 0 Å². The van der Waals surface area contributed by atoms with Crippen molar-refractivity contribution in [3.05, 3.63) is 12.4 Å². The van der Waals surface area contributed by atoms with Crippen LogP contribution in [0.1, 0.15) is 13.3 Å². The summed E-state index contributed by atoms with van der Waals surface area (Å²) >= 11 is 0.